The minimum Gasteiger partial charge on any atom is -0.497 e. The third-order valence-corrected chi connectivity index (χ3v) is 9.02. The summed E-state index contributed by atoms with van der Waals surface area (Å²) in [4.78, 5) is 43.2. The number of amides is 2. The van der Waals surface area contributed by atoms with E-state index in [2.05, 4.69) is 30.9 Å². The van der Waals surface area contributed by atoms with Crippen LogP contribution in [0.5, 0.6) is 17.2 Å². The van der Waals surface area contributed by atoms with Gasteiger partial charge in [-0.1, -0.05) is 81.8 Å². The molecule has 0 fully saturated rings. The number of imide groups is 1. The molecule has 0 saturated heterocycles. The molecule has 1 aliphatic rings. The summed E-state index contributed by atoms with van der Waals surface area (Å²) >= 11 is 0. The van der Waals surface area contributed by atoms with E-state index in [0.29, 0.717) is 33.9 Å². The first-order valence-corrected chi connectivity index (χ1v) is 16.8. The van der Waals surface area contributed by atoms with Gasteiger partial charge in [0.05, 0.1) is 23.9 Å². The zero-order valence-electron chi connectivity index (χ0n) is 30.0. The maximum atomic E-state index is 13.1. The predicted octanol–water partition coefficient (Wildman–Crippen LogP) is 9.75. The van der Waals surface area contributed by atoms with Gasteiger partial charge in [0, 0.05) is 16.9 Å². The van der Waals surface area contributed by atoms with Crippen LogP contribution in [0.4, 0.5) is 5.69 Å². The normalized spacial score (nSPS) is 12.4. The summed E-state index contributed by atoms with van der Waals surface area (Å²) in [5.74, 6) is 1.34. The maximum Gasteiger partial charge on any atom is 0.266 e. The summed E-state index contributed by atoms with van der Waals surface area (Å²) in [6.07, 6.45) is 0. The summed E-state index contributed by atoms with van der Waals surface area (Å²) in [5, 5.41) is 8.42. The van der Waals surface area contributed by atoms with E-state index in [1.165, 1.54) is 10.5 Å². The van der Waals surface area contributed by atoms with E-state index < -0.39 is 0 Å². The van der Waals surface area contributed by atoms with Gasteiger partial charge in [-0.15, -0.1) is 0 Å². The fourth-order valence-corrected chi connectivity index (χ4v) is 5.96. The highest BCUT2D eigenvalue weighted by Gasteiger charge is 2.37. The first kappa shape index (κ1) is 36.7. The van der Waals surface area contributed by atoms with E-state index >= 15 is 0 Å². The van der Waals surface area contributed by atoms with E-state index in [-0.39, 0.29) is 35.5 Å². The lowest BCUT2D eigenvalue weighted by Crippen LogP contribution is -2.29. The molecule has 2 amide bonds. The quantitative estimate of drug-likeness (QED) is 0.0676. The van der Waals surface area contributed by atoms with E-state index in [1.807, 2.05) is 94.4 Å². The molecule has 8 nitrogen and oxygen atoms in total. The summed E-state index contributed by atoms with van der Waals surface area (Å²) < 4.78 is 11.3. The van der Waals surface area contributed by atoms with Gasteiger partial charge in [0.2, 0.25) is 0 Å². The Balaban J connectivity index is 0.000000283. The van der Waals surface area contributed by atoms with Crippen molar-refractivity contribution in [2.75, 3.05) is 12.0 Å². The van der Waals surface area contributed by atoms with E-state index in [0.717, 1.165) is 28.0 Å². The molecule has 0 saturated carbocycles. The molecule has 1 N–H and O–H groups in total. The SMILES string of the molecule is COc1ccc(C(C)(C)c2ccc(Oc3ccc4c(c3)C(=O)N(c3cccc(C)c3)C4=O)cc2)cc1.Cc1ccc(COO)c(C(=O)C(C)C)c1. The highest BCUT2D eigenvalue weighted by molar-refractivity contribution is 6.34. The van der Waals surface area contributed by atoms with Gasteiger partial charge in [0.15, 0.2) is 5.78 Å². The molecule has 8 heteroatoms. The molecule has 5 aromatic rings. The molecule has 0 aromatic heterocycles. The van der Waals surface area contributed by atoms with Crippen LogP contribution < -0.4 is 14.4 Å². The monoisotopic (exact) mass is 685 g/mol. The Morgan fingerprint density at radius 1 is 0.725 bits per heavy atom. The van der Waals surface area contributed by atoms with Crippen molar-refractivity contribution in [2.24, 2.45) is 5.92 Å². The largest absolute Gasteiger partial charge is 0.497 e. The summed E-state index contributed by atoms with van der Waals surface area (Å²) in [7, 11) is 1.66. The molecule has 1 heterocycles. The number of fused-ring (bicyclic) bond motifs is 1. The molecular weight excluding hydrogens is 642 g/mol. The highest BCUT2D eigenvalue weighted by Crippen LogP contribution is 2.36. The van der Waals surface area contributed by atoms with Gasteiger partial charge in [-0.3, -0.25) is 19.6 Å². The predicted molar refractivity (Wildman–Crippen MR) is 198 cm³/mol. The fraction of sp³-hybridized carbons (Fsp3) is 0.233. The van der Waals surface area contributed by atoms with Crippen molar-refractivity contribution < 1.29 is 34.0 Å². The fourth-order valence-electron chi connectivity index (χ4n) is 5.96. The van der Waals surface area contributed by atoms with Crippen LogP contribution in [0.15, 0.2) is 109 Å². The van der Waals surface area contributed by atoms with E-state index in [1.54, 1.807) is 37.4 Å². The van der Waals surface area contributed by atoms with Crippen LogP contribution >= 0.6 is 0 Å². The lowest BCUT2D eigenvalue weighted by Gasteiger charge is -2.26. The summed E-state index contributed by atoms with van der Waals surface area (Å²) in [6.45, 7) is 12.0. The van der Waals surface area contributed by atoms with E-state index in [4.69, 9.17) is 14.7 Å². The average Bonchev–Trinajstić information content (AvgIpc) is 3.37. The number of carbonyl (C=O) groups is 3. The number of carbonyl (C=O) groups excluding carboxylic acids is 3. The van der Waals surface area contributed by atoms with Crippen LogP contribution in [0.3, 0.4) is 0 Å². The number of aryl methyl sites for hydroxylation is 2. The van der Waals surface area contributed by atoms with Crippen molar-refractivity contribution in [3.63, 3.8) is 0 Å². The maximum absolute atomic E-state index is 13.1. The third kappa shape index (κ3) is 8.09. The number of Topliss-reactive ketones (excluding diaryl/α,β-unsaturated/α-hetero) is 1. The van der Waals surface area contributed by atoms with Crippen LogP contribution in [0.25, 0.3) is 0 Å². The van der Waals surface area contributed by atoms with Crippen LogP contribution in [-0.2, 0) is 16.9 Å². The van der Waals surface area contributed by atoms with Crippen LogP contribution in [-0.4, -0.2) is 30.0 Å². The molecule has 6 rings (SSSR count). The number of ketones is 1. The lowest BCUT2D eigenvalue weighted by molar-refractivity contribution is -0.253. The minimum atomic E-state index is -0.345. The molecule has 5 aromatic carbocycles. The number of methoxy groups -OCH3 is 1. The van der Waals surface area contributed by atoms with Gasteiger partial charge >= 0.3 is 0 Å². The van der Waals surface area contributed by atoms with Crippen molar-refractivity contribution >= 4 is 23.3 Å². The second-order valence-corrected chi connectivity index (χ2v) is 13.4. The average molecular weight is 686 g/mol. The zero-order chi connectivity index (χ0) is 36.9. The van der Waals surface area contributed by atoms with Crippen molar-refractivity contribution in [1.29, 1.82) is 0 Å². The standard InChI is InChI=1S/C31H27NO4.C12H16O3/c1-20-6-5-7-23(18-20)32-29(33)27-17-16-26(19-28(27)30(32)34)36-25-14-10-22(11-15-25)31(2,3)21-8-12-24(35-4)13-9-21;1-8(2)12(13)11-6-9(3)4-5-10(11)7-15-14/h5-19H,1-4H3;4-6,8,14H,7H2,1-3H3. The molecule has 262 valence electrons. The smallest absolute Gasteiger partial charge is 0.266 e. The van der Waals surface area contributed by atoms with Gasteiger partial charge in [-0.25, -0.2) is 9.79 Å². The third-order valence-electron chi connectivity index (χ3n) is 9.02. The van der Waals surface area contributed by atoms with Gasteiger partial charge in [-0.05, 0) is 96.8 Å². The van der Waals surface area contributed by atoms with Crippen LogP contribution in [0, 0.1) is 19.8 Å². The Hall–Kier alpha value is -5.57. The Kier molecular flexibility index (Phi) is 11.2. The Bertz CT molecular complexity index is 2050. The van der Waals surface area contributed by atoms with Crippen molar-refractivity contribution in [3.8, 4) is 17.2 Å². The summed E-state index contributed by atoms with van der Waals surface area (Å²) in [6, 6.07) is 33.9. The van der Waals surface area contributed by atoms with Crippen molar-refractivity contribution in [1.82, 2.24) is 0 Å². The Labute approximate surface area is 299 Å². The number of anilines is 1. The van der Waals surface area contributed by atoms with Crippen molar-refractivity contribution in [2.45, 2.75) is 53.6 Å². The molecule has 51 heavy (non-hydrogen) atoms. The molecular formula is C43H43NO7. The molecule has 0 aliphatic carbocycles. The van der Waals surface area contributed by atoms with Gasteiger partial charge in [0.25, 0.3) is 11.8 Å². The van der Waals surface area contributed by atoms with Gasteiger partial charge < -0.3 is 9.47 Å². The number of rotatable bonds is 10. The molecule has 0 atom stereocenters. The van der Waals surface area contributed by atoms with Gasteiger partial charge in [-0.2, -0.15) is 0 Å². The number of nitrogens with zero attached hydrogens (tertiary/aromatic N) is 1. The number of hydrogen-bond acceptors (Lipinski definition) is 7. The molecule has 0 bridgehead atoms. The van der Waals surface area contributed by atoms with Gasteiger partial charge in [0.1, 0.15) is 23.9 Å². The molecule has 0 unspecified atom stereocenters. The molecule has 0 spiro atoms. The lowest BCUT2D eigenvalue weighted by atomic mass is 9.78. The minimum absolute atomic E-state index is 0.0497. The Morgan fingerprint density at radius 2 is 1.31 bits per heavy atom. The number of ether oxygens (including phenoxy) is 2. The summed E-state index contributed by atoms with van der Waals surface area (Å²) in [5.41, 5.74) is 6.78. The van der Waals surface area contributed by atoms with Crippen LogP contribution in [0.1, 0.15) is 86.6 Å². The van der Waals surface area contributed by atoms with Crippen LogP contribution in [0.2, 0.25) is 0 Å². The number of hydrogen-bond donors (Lipinski definition) is 1. The molecule has 1 aliphatic heterocycles. The first-order valence-electron chi connectivity index (χ1n) is 16.8. The molecule has 0 radical (unpaired) electrons. The topological polar surface area (TPSA) is 102 Å². The van der Waals surface area contributed by atoms with Crippen molar-refractivity contribution in [3.05, 3.63) is 154 Å². The Morgan fingerprint density at radius 3 is 1.90 bits per heavy atom. The second kappa shape index (κ2) is 15.5. The zero-order valence-corrected chi connectivity index (χ0v) is 30.0. The second-order valence-electron chi connectivity index (χ2n) is 13.4. The number of benzene rings is 5. The van der Waals surface area contributed by atoms with E-state index in [9.17, 15) is 14.4 Å². The first-order chi connectivity index (χ1) is 24.3. The highest BCUT2D eigenvalue weighted by atomic mass is 17.1.